The summed E-state index contributed by atoms with van der Waals surface area (Å²) in [4.78, 5) is 0. The maximum Gasteiger partial charge on any atom is 0.115 e. The monoisotopic (exact) mass is 336 g/mol. The Bertz CT molecular complexity index is 196. The molecule has 0 aromatic rings. The SMILES string of the molecule is CCCCCCCCCCCCCCCCCC(C)(Cl)Cl. The van der Waals surface area contributed by atoms with Gasteiger partial charge < -0.3 is 0 Å². The van der Waals surface area contributed by atoms with Crippen LogP contribution >= 0.6 is 23.2 Å². The van der Waals surface area contributed by atoms with Crippen LogP contribution in [0.15, 0.2) is 0 Å². The van der Waals surface area contributed by atoms with Crippen LogP contribution in [0.1, 0.15) is 117 Å². The molecule has 128 valence electrons. The fraction of sp³-hybridized carbons (Fsp3) is 1.00. The van der Waals surface area contributed by atoms with Gasteiger partial charge in [0.15, 0.2) is 0 Å². The summed E-state index contributed by atoms with van der Waals surface area (Å²) >= 11 is 11.9. The van der Waals surface area contributed by atoms with Gasteiger partial charge in [-0.2, -0.15) is 0 Å². The number of unbranched alkanes of at least 4 members (excludes halogenated alkanes) is 14. The van der Waals surface area contributed by atoms with Crippen LogP contribution in [0.4, 0.5) is 0 Å². The van der Waals surface area contributed by atoms with Gasteiger partial charge in [0.1, 0.15) is 4.33 Å². The Labute approximate surface area is 144 Å². The van der Waals surface area contributed by atoms with Gasteiger partial charge in [-0.3, -0.25) is 0 Å². The predicted octanol–water partition coefficient (Wildman–Crippen LogP) is 8.44. The van der Waals surface area contributed by atoms with E-state index in [2.05, 4.69) is 6.92 Å². The Balaban J connectivity index is 3.00. The number of hydrogen-bond donors (Lipinski definition) is 0. The highest BCUT2D eigenvalue weighted by Crippen LogP contribution is 2.26. The zero-order chi connectivity index (χ0) is 15.8. The van der Waals surface area contributed by atoms with Gasteiger partial charge in [-0.05, 0) is 13.3 Å². The van der Waals surface area contributed by atoms with Crippen LogP contribution in [0.2, 0.25) is 0 Å². The second kappa shape index (κ2) is 15.5. The lowest BCUT2D eigenvalue weighted by molar-refractivity contribution is 0.527. The molecular weight excluding hydrogens is 299 g/mol. The van der Waals surface area contributed by atoms with Gasteiger partial charge in [-0.1, -0.05) is 103 Å². The zero-order valence-electron chi connectivity index (χ0n) is 14.6. The normalized spacial score (nSPS) is 12.0. The second-order valence-corrected chi connectivity index (χ2v) is 8.63. The lowest BCUT2D eigenvalue weighted by atomic mass is 10.0. The largest absolute Gasteiger partial charge is 0.115 e. The molecule has 0 unspecified atom stereocenters. The number of alkyl halides is 2. The molecule has 0 aliphatic heterocycles. The average Bonchev–Trinajstić information content (AvgIpc) is 2.42. The van der Waals surface area contributed by atoms with Crippen LogP contribution in [0.3, 0.4) is 0 Å². The Morgan fingerprint density at radius 1 is 0.524 bits per heavy atom. The lowest BCUT2D eigenvalue weighted by Gasteiger charge is -2.11. The van der Waals surface area contributed by atoms with E-state index in [-0.39, 0.29) is 0 Å². The zero-order valence-corrected chi connectivity index (χ0v) is 16.1. The topological polar surface area (TPSA) is 0 Å². The van der Waals surface area contributed by atoms with Crippen LogP contribution in [-0.2, 0) is 0 Å². The molecule has 0 saturated carbocycles. The summed E-state index contributed by atoms with van der Waals surface area (Å²) in [5, 5.41) is 0. The molecule has 0 aromatic heterocycles. The molecular formula is C19H38Cl2. The van der Waals surface area contributed by atoms with Crippen molar-refractivity contribution >= 4 is 23.2 Å². The summed E-state index contributed by atoms with van der Waals surface area (Å²) in [7, 11) is 0. The smallest absolute Gasteiger partial charge is 0.102 e. The van der Waals surface area contributed by atoms with Crippen molar-refractivity contribution in [1.82, 2.24) is 0 Å². The predicted molar refractivity (Wildman–Crippen MR) is 99.7 cm³/mol. The maximum absolute atomic E-state index is 5.96. The van der Waals surface area contributed by atoms with E-state index in [1.807, 2.05) is 6.92 Å². The highest BCUT2D eigenvalue weighted by molar-refractivity contribution is 6.48. The molecule has 0 aliphatic carbocycles. The Hall–Kier alpha value is 0.580. The molecule has 0 saturated heterocycles. The third kappa shape index (κ3) is 20.6. The van der Waals surface area contributed by atoms with Gasteiger partial charge >= 0.3 is 0 Å². The molecule has 0 atom stereocenters. The minimum Gasteiger partial charge on any atom is -0.102 e. The molecule has 0 nitrogen and oxygen atoms in total. The van der Waals surface area contributed by atoms with Crippen molar-refractivity contribution in [3.8, 4) is 0 Å². The Morgan fingerprint density at radius 2 is 0.810 bits per heavy atom. The maximum atomic E-state index is 5.96. The molecule has 0 rings (SSSR count). The Morgan fingerprint density at radius 3 is 1.10 bits per heavy atom. The van der Waals surface area contributed by atoms with E-state index in [0.717, 1.165) is 6.42 Å². The van der Waals surface area contributed by atoms with E-state index < -0.39 is 4.33 Å². The van der Waals surface area contributed by atoms with Crippen molar-refractivity contribution in [3.63, 3.8) is 0 Å². The Kier molecular flexibility index (Phi) is 15.9. The van der Waals surface area contributed by atoms with Crippen LogP contribution < -0.4 is 0 Å². The van der Waals surface area contributed by atoms with E-state index in [1.165, 1.54) is 96.3 Å². The van der Waals surface area contributed by atoms with Gasteiger partial charge in [-0.25, -0.2) is 0 Å². The van der Waals surface area contributed by atoms with Crippen molar-refractivity contribution in [3.05, 3.63) is 0 Å². The lowest BCUT2D eigenvalue weighted by Crippen LogP contribution is -2.04. The van der Waals surface area contributed by atoms with Crippen molar-refractivity contribution in [1.29, 1.82) is 0 Å². The summed E-state index contributed by atoms with van der Waals surface area (Å²) in [6.07, 6.45) is 21.9. The van der Waals surface area contributed by atoms with Gasteiger partial charge in [0.2, 0.25) is 0 Å². The molecule has 0 N–H and O–H groups in total. The van der Waals surface area contributed by atoms with Gasteiger partial charge in [0, 0.05) is 0 Å². The van der Waals surface area contributed by atoms with Crippen molar-refractivity contribution < 1.29 is 0 Å². The second-order valence-electron chi connectivity index (χ2n) is 6.77. The van der Waals surface area contributed by atoms with E-state index in [0.29, 0.717) is 0 Å². The first-order valence-corrected chi connectivity index (χ1v) is 10.2. The van der Waals surface area contributed by atoms with Crippen LogP contribution in [0, 0.1) is 0 Å². The third-order valence-corrected chi connectivity index (χ3v) is 4.60. The first-order chi connectivity index (χ1) is 10.1. The van der Waals surface area contributed by atoms with E-state index >= 15 is 0 Å². The summed E-state index contributed by atoms with van der Waals surface area (Å²) in [5.74, 6) is 0. The van der Waals surface area contributed by atoms with E-state index in [1.54, 1.807) is 0 Å². The summed E-state index contributed by atoms with van der Waals surface area (Å²) in [6.45, 7) is 4.17. The molecule has 21 heavy (non-hydrogen) atoms. The average molecular weight is 337 g/mol. The van der Waals surface area contributed by atoms with E-state index in [4.69, 9.17) is 23.2 Å². The summed E-state index contributed by atoms with van der Waals surface area (Å²) < 4.78 is -0.517. The third-order valence-electron chi connectivity index (χ3n) is 4.22. The van der Waals surface area contributed by atoms with Crippen LogP contribution in [-0.4, -0.2) is 4.33 Å². The summed E-state index contributed by atoms with van der Waals surface area (Å²) in [6, 6.07) is 0. The minimum atomic E-state index is -0.517. The molecule has 0 bridgehead atoms. The van der Waals surface area contributed by atoms with Gasteiger partial charge in [0.25, 0.3) is 0 Å². The first kappa shape index (κ1) is 21.6. The first-order valence-electron chi connectivity index (χ1n) is 9.44. The number of rotatable bonds is 16. The van der Waals surface area contributed by atoms with Crippen LogP contribution in [0.25, 0.3) is 0 Å². The fourth-order valence-electron chi connectivity index (χ4n) is 2.81. The molecule has 0 amide bonds. The quantitative estimate of drug-likeness (QED) is 0.196. The van der Waals surface area contributed by atoms with Crippen LogP contribution in [0.5, 0.6) is 0 Å². The van der Waals surface area contributed by atoms with Crippen molar-refractivity contribution in [2.24, 2.45) is 0 Å². The highest BCUT2D eigenvalue weighted by Gasteiger charge is 2.14. The van der Waals surface area contributed by atoms with E-state index in [9.17, 15) is 0 Å². The molecule has 0 aromatic carbocycles. The molecule has 0 fully saturated rings. The standard InChI is InChI=1S/C19H38Cl2/c1-3-4-5-6-7-8-9-10-11-12-13-14-15-16-17-18-19(2,20)21/h3-18H2,1-2H3. The number of hydrogen-bond acceptors (Lipinski definition) is 0. The van der Waals surface area contributed by atoms with Crippen molar-refractivity contribution in [2.75, 3.05) is 0 Å². The molecule has 0 heterocycles. The minimum absolute atomic E-state index is 0.517. The van der Waals surface area contributed by atoms with Gasteiger partial charge in [0.05, 0.1) is 0 Å². The summed E-state index contributed by atoms with van der Waals surface area (Å²) in [5.41, 5.74) is 0. The molecule has 2 heteroatoms. The fourth-order valence-corrected chi connectivity index (χ4v) is 3.07. The molecule has 0 radical (unpaired) electrons. The highest BCUT2D eigenvalue weighted by atomic mass is 35.5. The molecule has 0 aliphatic rings. The van der Waals surface area contributed by atoms with Crippen molar-refractivity contribution in [2.45, 2.75) is 121 Å². The number of halogens is 2. The molecule has 0 spiro atoms. The van der Waals surface area contributed by atoms with Gasteiger partial charge in [-0.15, -0.1) is 23.2 Å².